The van der Waals surface area contributed by atoms with E-state index in [2.05, 4.69) is 6.92 Å². The lowest BCUT2D eigenvalue weighted by molar-refractivity contribution is 0.301. The average Bonchev–Trinajstić information content (AvgIpc) is 2.34. The molecule has 0 heterocycles. The first kappa shape index (κ1) is 14.3. The van der Waals surface area contributed by atoms with Crippen molar-refractivity contribution >= 4 is 11.6 Å². The van der Waals surface area contributed by atoms with Crippen molar-refractivity contribution in [3.05, 3.63) is 28.8 Å². The van der Waals surface area contributed by atoms with Gasteiger partial charge in [0.15, 0.2) is 0 Å². The molecule has 0 aromatic heterocycles. The molecule has 0 radical (unpaired) electrons. The molecular weight excluding hydrogens is 234 g/mol. The molecule has 1 aromatic rings. The maximum atomic E-state index is 6.05. The molecule has 0 aliphatic carbocycles. The molecule has 2 N–H and O–H groups in total. The molecule has 0 saturated carbocycles. The van der Waals surface area contributed by atoms with E-state index in [-0.39, 0.29) is 0 Å². The summed E-state index contributed by atoms with van der Waals surface area (Å²) < 4.78 is 5.72. The molecule has 0 atom stereocenters. The molecule has 2 nitrogen and oxygen atoms in total. The zero-order valence-electron chi connectivity index (χ0n) is 10.5. The van der Waals surface area contributed by atoms with Gasteiger partial charge in [0.1, 0.15) is 5.75 Å². The second kappa shape index (κ2) is 8.37. The van der Waals surface area contributed by atoms with Gasteiger partial charge in [-0.1, -0.05) is 50.3 Å². The predicted molar refractivity (Wildman–Crippen MR) is 73.6 cm³/mol. The molecule has 1 aromatic carbocycles. The summed E-state index contributed by atoms with van der Waals surface area (Å²) in [5.74, 6) is 0.829. The fourth-order valence-electron chi connectivity index (χ4n) is 1.76. The third-order valence-corrected chi connectivity index (χ3v) is 3.14. The highest BCUT2D eigenvalue weighted by molar-refractivity contribution is 6.31. The molecule has 0 aliphatic heterocycles. The van der Waals surface area contributed by atoms with Gasteiger partial charge in [0.25, 0.3) is 0 Å². The Labute approximate surface area is 109 Å². The maximum Gasteiger partial charge on any atom is 0.125 e. The van der Waals surface area contributed by atoms with Crippen LogP contribution in [0.25, 0.3) is 0 Å². The van der Waals surface area contributed by atoms with Gasteiger partial charge in [-0.25, -0.2) is 0 Å². The number of nitrogens with two attached hydrogens (primary N) is 1. The van der Waals surface area contributed by atoms with Crippen molar-refractivity contribution in [1.82, 2.24) is 0 Å². The molecular formula is C14H22ClNO. The van der Waals surface area contributed by atoms with Gasteiger partial charge in [0.2, 0.25) is 0 Å². The highest BCUT2D eigenvalue weighted by Crippen LogP contribution is 2.25. The third-order valence-electron chi connectivity index (χ3n) is 2.79. The maximum absolute atomic E-state index is 6.05. The average molecular weight is 256 g/mol. The standard InChI is InChI=1S/C14H22ClNO/c1-2-3-4-5-6-10-17-14-9-7-8-13(15)12(14)11-16/h7-9H,2-6,10-11,16H2,1H3. The van der Waals surface area contributed by atoms with Crippen molar-refractivity contribution in [1.29, 1.82) is 0 Å². The minimum Gasteiger partial charge on any atom is -0.493 e. The highest BCUT2D eigenvalue weighted by atomic mass is 35.5. The lowest BCUT2D eigenvalue weighted by atomic mass is 10.1. The summed E-state index contributed by atoms with van der Waals surface area (Å²) in [5, 5.41) is 0.691. The van der Waals surface area contributed by atoms with E-state index >= 15 is 0 Å². The van der Waals surface area contributed by atoms with E-state index in [9.17, 15) is 0 Å². The first-order chi connectivity index (χ1) is 8.29. The Morgan fingerprint density at radius 3 is 2.65 bits per heavy atom. The summed E-state index contributed by atoms with van der Waals surface area (Å²) in [7, 11) is 0. The first-order valence-electron chi connectivity index (χ1n) is 6.39. The van der Waals surface area contributed by atoms with Crippen LogP contribution in [0.1, 0.15) is 44.6 Å². The molecule has 3 heteroatoms. The summed E-state index contributed by atoms with van der Waals surface area (Å²) in [5.41, 5.74) is 6.56. The molecule has 1 rings (SSSR count). The van der Waals surface area contributed by atoms with Gasteiger partial charge in [0.05, 0.1) is 6.61 Å². The summed E-state index contributed by atoms with van der Waals surface area (Å²) in [4.78, 5) is 0. The molecule has 96 valence electrons. The minimum absolute atomic E-state index is 0.421. The second-order valence-electron chi connectivity index (χ2n) is 4.18. The third kappa shape index (κ3) is 4.97. The van der Waals surface area contributed by atoms with Gasteiger partial charge < -0.3 is 10.5 Å². The highest BCUT2D eigenvalue weighted by Gasteiger charge is 2.05. The number of halogens is 1. The normalized spacial score (nSPS) is 10.5. The van der Waals surface area contributed by atoms with E-state index in [1.165, 1.54) is 25.7 Å². The zero-order valence-corrected chi connectivity index (χ0v) is 11.3. The van der Waals surface area contributed by atoms with Crippen LogP contribution < -0.4 is 10.5 Å². The van der Waals surface area contributed by atoms with E-state index < -0.39 is 0 Å². The number of benzene rings is 1. The molecule has 0 saturated heterocycles. The number of hydrogen-bond acceptors (Lipinski definition) is 2. The minimum atomic E-state index is 0.421. The Bertz CT molecular complexity index is 328. The topological polar surface area (TPSA) is 35.2 Å². The lowest BCUT2D eigenvalue weighted by Crippen LogP contribution is -2.04. The fourth-order valence-corrected chi connectivity index (χ4v) is 2.00. The quantitative estimate of drug-likeness (QED) is 0.709. The number of ether oxygens (including phenoxy) is 1. The van der Waals surface area contributed by atoms with Crippen LogP contribution in [-0.4, -0.2) is 6.61 Å². The summed E-state index contributed by atoms with van der Waals surface area (Å²) >= 11 is 6.05. The van der Waals surface area contributed by atoms with Gasteiger partial charge >= 0.3 is 0 Å². The van der Waals surface area contributed by atoms with Gasteiger partial charge in [-0.3, -0.25) is 0 Å². The van der Waals surface area contributed by atoms with Crippen molar-refractivity contribution in [2.45, 2.75) is 45.6 Å². The lowest BCUT2D eigenvalue weighted by Gasteiger charge is -2.11. The summed E-state index contributed by atoms with van der Waals surface area (Å²) in [6.07, 6.45) is 6.19. The molecule has 0 bridgehead atoms. The van der Waals surface area contributed by atoms with Crippen LogP contribution in [0.15, 0.2) is 18.2 Å². The predicted octanol–water partition coefficient (Wildman–Crippen LogP) is 4.15. The number of unbranched alkanes of at least 4 members (excludes halogenated alkanes) is 4. The van der Waals surface area contributed by atoms with E-state index in [0.29, 0.717) is 11.6 Å². The van der Waals surface area contributed by atoms with Gasteiger partial charge in [0, 0.05) is 17.1 Å². The Kier molecular flexibility index (Phi) is 7.06. The molecule has 0 unspecified atom stereocenters. The van der Waals surface area contributed by atoms with Crippen LogP contribution in [0.3, 0.4) is 0 Å². The SMILES string of the molecule is CCCCCCCOc1cccc(Cl)c1CN. The van der Waals surface area contributed by atoms with Crippen LogP contribution >= 0.6 is 11.6 Å². The van der Waals surface area contributed by atoms with Crippen molar-refractivity contribution in [3.8, 4) is 5.75 Å². The monoisotopic (exact) mass is 255 g/mol. The fraction of sp³-hybridized carbons (Fsp3) is 0.571. The van der Waals surface area contributed by atoms with Crippen molar-refractivity contribution in [3.63, 3.8) is 0 Å². The second-order valence-corrected chi connectivity index (χ2v) is 4.59. The molecule has 0 fully saturated rings. The van der Waals surface area contributed by atoms with E-state index in [4.69, 9.17) is 22.1 Å². The van der Waals surface area contributed by atoms with E-state index in [1.807, 2.05) is 18.2 Å². The summed E-state index contributed by atoms with van der Waals surface area (Å²) in [6.45, 7) is 3.39. The van der Waals surface area contributed by atoms with Gasteiger partial charge in [-0.15, -0.1) is 0 Å². The number of hydrogen-bond donors (Lipinski definition) is 1. The number of rotatable bonds is 8. The zero-order chi connectivity index (χ0) is 12.5. The largest absolute Gasteiger partial charge is 0.493 e. The molecule has 0 spiro atoms. The van der Waals surface area contributed by atoms with Crippen molar-refractivity contribution in [2.24, 2.45) is 5.73 Å². The Morgan fingerprint density at radius 2 is 1.94 bits per heavy atom. The van der Waals surface area contributed by atoms with E-state index in [0.717, 1.165) is 24.3 Å². The van der Waals surface area contributed by atoms with Crippen LogP contribution in [0.2, 0.25) is 5.02 Å². The van der Waals surface area contributed by atoms with Gasteiger partial charge in [-0.2, -0.15) is 0 Å². The Balaban J connectivity index is 2.33. The van der Waals surface area contributed by atoms with Gasteiger partial charge in [-0.05, 0) is 18.6 Å². The Morgan fingerprint density at radius 1 is 1.18 bits per heavy atom. The molecule has 0 aliphatic rings. The van der Waals surface area contributed by atoms with Crippen LogP contribution in [0.4, 0.5) is 0 Å². The summed E-state index contributed by atoms with van der Waals surface area (Å²) in [6, 6.07) is 5.67. The van der Waals surface area contributed by atoms with Crippen LogP contribution in [0, 0.1) is 0 Å². The van der Waals surface area contributed by atoms with Crippen LogP contribution in [-0.2, 0) is 6.54 Å². The molecule has 17 heavy (non-hydrogen) atoms. The van der Waals surface area contributed by atoms with Crippen molar-refractivity contribution in [2.75, 3.05) is 6.61 Å². The first-order valence-corrected chi connectivity index (χ1v) is 6.77. The smallest absolute Gasteiger partial charge is 0.125 e. The molecule has 0 amide bonds. The Hall–Kier alpha value is -0.730. The van der Waals surface area contributed by atoms with E-state index in [1.54, 1.807) is 0 Å². The van der Waals surface area contributed by atoms with Crippen LogP contribution in [0.5, 0.6) is 5.75 Å². The van der Waals surface area contributed by atoms with Crippen molar-refractivity contribution < 1.29 is 4.74 Å².